The SMILES string of the molecule is O=C(Nc1cccnc1)N1CCc2ccc(Cl)c(Cl)c21. The molecule has 0 aliphatic carbocycles. The first-order chi connectivity index (χ1) is 9.66. The van der Waals surface area contributed by atoms with Gasteiger partial charge >= 0.3 is 6.03 Å². The molecule has 20 heavy (non-hydrogen) atoms. The molecule has 0 atom stereocenters. The average molecular weight is 308 g/mol. The fourth-order valence-electron chi connectivity index (χ4n) is 2.25. The van der Waals surface area contributed by atoms with E-state index >= 15 is 0 Å². The van der Waals surface area contributed by atoms with E-state index in [1.165, 1.54) is 0 Å². The van der Waals surface area contributed by atoms with Crippen molar-refractivity contribution < 1.29 is 4.79 Å². The van der Waals surface area contributed by atoms with Crippen LogP contribution in [-0.4, -0.2) is 17.6 Å². The lowest BCUT2D eigenvalue weighted by atomic mass is 10.2. The molecule has 0 bridgehead atoms. The first-order valence-corrected chi connectivity index (χ1v) is 6.88. The predicted octanol–water partition coefficient (Wildman–Crippen LogP) is 3.98. The van der Waals surface area contributed by atoms with Crippen LogP contribution in [0.5, 0.6) is 0 Å². The average Bonchev–Trinajstić information content (AvgIpc) is 2.89. The van der Waals surface area contributed by atoms with E-state index < -0.39 is 0 Å². The molecule has 0 radical (unpaired) electrons. The Morgan fingerprint density at radius 2 is 2.15 bits per heavy atom. The Balaban J connectivity index is 1.88. The van der Waals surface area contributed by atoms with Gasteiger partial charge in [0.1, 0.15) is 0 Å². The third-order valence-corrected chi connectivity index (χ3v) is 3.98. The molecule has 1 aromatic carbocycles. The zero-order valence-corrected chi connectivity index (χ0v) is 11.9. The maximum atomic E-state index is 12.3. The lowest BCUT2D eigenvalue weighted by Gasteiger charge is -2.19. The molecular formula is C14H11Cl2N3O. The van der Waals surface area contributed by atoms with Crippen LogP contribution >= 0.6 is 23.2 Å². The topological polar surface area (TPSA) is 45.2 Å². The van der Waals surface area contributed by atoms with Crippen LogP contribution in [0.3, 0.4) is 0 Å². The Hall–Kier alpha value is -1.78. The van der Waals surface area contributed by atoms with Gasteiger partial charge in [0.05, 0.1) is 27.6 Å². The molecule has 0 unspecified atom stereocenters. The summed E-state index contributed by atoms with van der Waals surface area (Å²) < 4.78 is 0. The Kier molecular flexibility index (Phi) is 3.51. The summed E-state index contributed by atoms with van der Waals surface area (Å²) in [6.07, 6.45) is 4.01. The molecule has 0 spiro atoms. The summed E-state index contributed by atoms with van der Waals surface area (Å²) in [6, 6.07) is 6.96. The molecule has 0 fully saturated rings. The molecule has 1 aliphatic rings. The minimum absolute atomic E-state index is 0.235. The quantitative estimate of drug-likeness (QED) is 0.866. The normalized spacial score (nSPS) is 13.2. The number of carbonyl (C=O) groups excluding carboxylic acids is 1. The number of nitrogens with one attached hydrogen (secondary N) is 1. The molecule has 2 heterocycles. The van der Waals surface area contributed by atoms with Crippen LogP contribution in [-0.2, 0) is 6.42 Å². The number of benzene rings is 1. The van der Waals surface area contributed by atoms with Crippen molar-refractivity contribution in [2.75, 3.05) is 16.8 Å². The van der Waals surface area contributed by atoms with Crippen LogP contribution in [0.15, 0.2) is 36.7 Å². The van der Waals surface area contributed by atoms with Crippen molar-refractivity contribution in [3.8, 4) is 0 Å². The molecule has 2 aromatic rings. The standard InChI is InChI=1S/C14H11Cl2N3O/c15-11-4-3-9-5-7-19(13(9)12(11)16)14(20)18-10-2-1-6-17-8-10/h1-4,6,8H,5,7H2,(H,18,20). The van der Waals surface area contributed by atoms with Gasteiger partial charge in [-0.15, -0.1) is 0 Å². The second-order valence-corrected chi connectivity index (χ2v) is 5.23. The number of carbonyl (C=O) groups is 1. The summed E-state index contributed by atoms with van der Waals surface area (Å²) in [5.74, 6) is 0. The molecule has 0 saturated carbocycles. The molecule has 102 valence electrons. The fraction of sp³-hybridized carbons (Fsp3) is 0.143. The smallest absolute Gasteiger partial charge is 0.306 e. The summed E-state index contributed by atoms with van der Waals surface area (Å²) in [7, 11) is 0. The van der Waals surface area contributed by atoms with Gasteiger partial charge in [-0.3, -0.25) is 9.88 Å². The molecular weight excluding hydrogens is 297 g/mol. The van der Waals surface area contributed by atoms with E-state index in [-0.39, 0.29) is 6.03 Å². The number of rotatable bonds is 1. The highest BCUT2D eigenvalue weighted by atomic mass is 35.5. The maximum absolute atomic E-state index is 12.3. The van der Waals surface area contributed by atoms with Crippen LogP contribution in [0.2, 0.25) is 10.0 Å². The predicted molar refractivity (Wildman–Crippen MR) is 80.8 cm³/mol. The zero-order valence-electron chi connectivity index (χ0n) is 10.4. The molecule has 2 amide bonds. The fourth-order valence-corrected chi connectivity index (χ4v) is 2.69. The largest absolute Gasteiger partial charge is 0.326 e. The van der Waals surface area contributed by atoms with E-state index in [4.69, 9.17) is 23.2 Å². The minimum Gasteiger partial charge on any atom is -0.306 e. The van der Waals surface area contributed by atoms with Crippen molar-refractivity contribution in [2.24, 2.45) is 0 Å². The van der Waals surface area contributed by atoms with Crippen LogP contribution in [0.4, 0.5) is 16.2 Å². The van der Waals surface area contributed by atoms with E-state index in [0.29, 0.717) is 28.0 Å². The highest BCUT2D eigenvalue weighted by molar-refractivity contribution is 6.44. The van der Waals surface area contributed by atoms with Gasteiger partial charge in [-0.05, 0) is 30.2 Å². The molecule has 3 rings (SSSR count). The number of halogens is 2. The van der Waals surface area contributed by atoms with Gasteiger partial charge in [0.2, 0.25) is 0 Å². The van der Waals surface area contributed by atoms with E-state index in [0.717, 1.165) is 12.0 Å². The summed E-state index contributed by atoms with van der Waals surface area (Å²) in [4.78, 5) is 17.9. The molecule has 4 nitrogen and oxygen atoms in total. The number of hydrogen-bond donors (Lipinski definition) is 1. The summed E-state index contributed by atoms with van der Waals surface area (Å²) >= 11 is 12.2. The molecule has 1 N–H and O–H groups in total. The second kappa shape index (κ2) is 5.31. The number of fused-ring (bicyclic) bond motifs is 1. The van der Waals surface area contributed by atoms with E-state index in [2.05, 4.69) is 10.3 Å². The van der Waals surface area contributed by atoms with Crippen LogP contribution in [0.1, 0.15) is 5.56 Å². The van der Waals surface area contributed by atoms with E-state index in [1.54, 1.807) is 35.5 Å². The number of aromatic nitrogens is 1. The van der Waals surface area contributed by atoms with Gasteiger partial charge < -0.3 is 5.32 Å². The highest BCUT2D eigenvalue weighted by Crippen LogP contribution is 2.39. The highest BCUT2D eigenvalue weighted by Gasteiger charge is 2.28. The third-order valence-electron chi connectivity index (χ3n) is 3.19. The Bertz CT molecular complexity index is 661. The van der Waals surface area contributed by atoms with E-state index in [1.807, 2.05) is 6.07 Å². The summed E-state index contributed by atoms with van der Waals surface area (Å²) in [5, 5.41) is 3.66. The molecule has 1 aliphatic heterocycles. The first kappa shape index (κ1) is 13.2. The number of hydrogen-bond acceptors (Lipinski definition) is 2. The van der Waals surface area contributed by atoms with Gasteiger partial charge in [-0.25, -0.2) is 4.79 Å². The summed E-state index contributed by atoms with van der Waals surface area (Å²) in [5.41, 5.74) is 2.37. The monoisotopic (exact) mass is 307 g/mol. The van der Waals surface area contributed by atoms with Gasteiger partial charge in [-0.1, -0.05) is 29.3 Å². The summed E-state index contributed by atoms with van der Waals surface area (Å²) in [6.45, 7) is 0.585. The first-order valence-electron chi connectivity index (χ1n) is 6.12. The number of amides is 2. The lowest BCUT2D eigenvalue weighted by Crippen LogP contribution is -2.33. The zero-order chi connectivity index (χ0) is 14.1. The molecule has 1 aromatic heterocycles. The van der Waals surface area contributed by atoms with Crippen molar-refractivity contribution >= 4 is 40.6 Å². The van der Waals surface area contributed by atoms with Crippen LogP contribution < -0.4 is 10.2 Å². The molecule has 6 heteroatoms. The third kappa shape index (κ3) is 2.32. The second-order valence-electron chi connectivity index (χ2n) is 4.44. The van der Waals surface area contributed by atoms with Crippen molar-refractivity contribution in [3.63, 3.8) is 0 Å². The van der Waals surface area contributed by atoms with Crippen LogP contribution in [0, 0.1) is 0 Å². The number of anilines is 2. The minimum atomic E-state index is -0.235. The van der Waals surface area contributed by atoms with Crippen molar-refractivity contribution in [1.29, 1.82) is 0 Å². The van der Waals surface area contributed by atoms with Gasteiger partial charge in [0, 0.05) is 12.7 Å². The Labute approximate surface area is 126 Å². The Morgan fingerprint density at radius 3 is 2.90 bits per heavy atom. The van der Waals surface area contributed by atoms with E-state index in [9.17, 15) is 4.79 Å². The number of pyridine rings is 1. The van der Waals surface area contributed by atoms with Crippen molar-refractivity contribution in [1.82, 2.24) is 4.98 Å². The number of nitrogens with zero attached hydrogens (tertiary/aromatic N) is 2. The Morgan fingerprint density at radius 1 is 1.30 bits per heavy atom. The number of urea groups is 1. The van der Waals surface area contributed by atoms with Crippen molar-refractivity contribution in [3.05, 3.63) is 52.3 Å². The van der Waals surface area contributed by atoms with Gasteiger partial charge in [0.25, 0.3) is 0 Å². The maximum Gasteiger partial charge on any atom is 0.326 e. The molecule has 0 saturated heterocycles. The van der Waals surface area contributed by atoms with Crippen molar-refractivity contribution in [2.45, 2.75) is 6.42 Å². The lowest BCUT2D eigenvalue weighted by molar-refractivity contribution is 0.257. The van der Waals surface area contributed by atoms with Gasteiger partial charge in [-0.2, -0.15) is 0 Å². The van der Waals surface area contributed by atoms with Crippen LogP contribution in [0.25, 0.3) is 0 Å². The van der Waals surface area contributed by atoms with Gasteiger partial charge in [0.15, 0.2) is 0 Å².